The lowest BCUT2D eigenvalue weighted by atomic mass is 10.2. The first-order valence-corrected chi connectivity index (χ1v) is 12.6. The first-order chi connectivity index (χ1) is 17.1. The van der Waals surface area contributed by atoms with Crippen molar-refractivity contribution in [1.82, 2.24) is 14.9 Å². The molecule has 0 aliphatic rings. The fraction of sp³-hybridized carbons (Fsp3) is 0.0833. The molecule has 11 heteroatoms. The maximum absolute atomic E-state index is 12.2. The van der Waals surface area contributed by atoms with Gasteiger partial charge in [-0.1, -0.05) is 54.2 Å². The van der Waals surface area contributed by atoms with Gasteiger partial charge in [0.15, 0.2) is 0 Å². The highest BCUT2D eigenvalue weighted by Crippen LogP contribution is 2.19. The van der Waals surface area contributed by atoms with Crippen LogP contribution in [0.2, 0.25) is 0 Å². The number of amides is 1. The van der Waals surface area contributed by atoms with Crippen LogP contribution in [0.1, 0.15) is 11.1 Å². The second kappa shape index (κ2) is 12.2. The average Bonchev–Trinajstić information content (AvgIpc) is 3.23. The van der Waals surface area contributed by atoms with Crippen LogP contribution in [0.15, 0.2) is 89.1 Å². The predicted octanol–water partition coefficient (Wildman–Crippen LogP) is 4.35. The van der Waals surface area contributed by atoms with Crippen LogP contribution < -0.4 is 21.3 Å². The number of carbonyl (C=O) groups excluding carboxylic acids is 1. The number of hydrogen-bond acceptors (Lipinski definition) is 8. The molecular formula is C24H22IN7O2S. The van der Waals surface area contributed by atoms with Gasteiger partial charge in [0.25, 0.3) is 5.95 Å². The average molecular weight is 599 g/mol. The van der Waals surface area contributed by atoms with E-state index in [4.69, 9.17) is 10.6 Å². The monoisotopic (exact) mass is 599 g/mol. The van der Waals surface area contributed by atoms with Gasteiger partial charge in [-0.2, -0.15) is 5.10 Å². The molecule has 0 saturated heterocycles. The normalized spacial score (nSPS) is 10.9. The number of nitrogen functional groups attached to an aromatic ring is 1. The van der Waals surface area contributed by atoms with Crippen molar-refractivity contribution in [2.75, 3.05) is 22.3 Å². The highest BCUT2D eigenvalue weighted by atomic mass is 127. The van der Waals surface area contributed by atoms with E-state index in [-0.39, 0.29) is 17.6 Å². The van der Waals surface area contributed by atoms with E-state index in [1.807, 2.05) is 78.9 Å². The first kappa shape index (κ1) is 24.5. The second-order valence-corrected chi connectivity index (χ2v) is 9.39. The summed E-state index contributed by atoms with van der Waals surface area (Å²) in [5, 5.41) is 15.4. The van der Waals surface area contributed by atoms with E-state index in [1.165, 1.54) is 16.4 Å². The van der Waals surface area contributed by atoms with Gasteiger partial charge in [-0.25, -0.2) is 10.1 Å². The number of anilines is 2. The van der Waals surface area contributed by atoms with Gasteiger partial charge in [-0.05, 0) is 64.6 Å². The highest BCUT2D eigenvalue weighted by Gasteiger charge is 2.12. The summed E-state index contributed by atoms with van der Waals surface area (Å²) in [7, 11) is 0. The topological polar surface area (TPSA) is 119 Å². The van der Waals surface area contributed by atoms with Crippen molar-refractivity contribution in [3.05, 3.63) is 93.6 Å². The fourth-order valence-corrected chi connectivity index (χ4v) is 3.94. The van der Waals surface area contributed by atoms with Crippen LogP contribution in [-0.2, 0) is 11.4 Å². The van der Waals surface area contributed by atoms with Gasteiger partial charge < -0.3 is 15.9 Å². The number of carbonyl (C=O) groups is 1. The van der Waals surface area contributed by atoms with Crippen molar-refractivity contribution in [3.63, 3.8) is 0 Å². The molecular weight excluding hydrogens is 577 g/mol. The zero-order valence-electron chi connectivity index (χ0n) is 18.5. The van der Waals surface area contributed by atoms with Crippen molar-refractivity contribution in [2.24, 2.45) is 5.10 Å². The molecule has 0 bridgehead atoms. The standard InChI is InChI=1S/C24H22IN7O2S/c25-19-10-12-20(13-11-19)28-22(33)16-35-24-31-30-23(32(24)26)29-27-14-18-8-4-5-9-21(18)34-15-17-6-2-1-3-7-17/h1-14H,15-16,26H2,(H,28,33)(H,29,30)/b27-14+. The number of thioether (sulfide) groups is 1. The van der Waals surface area contributed by atoms with Crippen LogP contribution in [0.25, 0.3) is 0 Å². The number of nitrogens with two attached hydrogens (primary N) is 1. The minimum Gasteiger partial charge on any atom is -0.488 e. The third-order valence-electron chi connectivity index (χ3n) is 4.65. The Morgan fingerprint density at radius 1 is 1.06 bits per heavy atom. The molecule has 3 aromatic carbocycles. The number of hydrogen-bond donors (Lipinski definition) is 3. The van der Waals surface area contributed by atoms with Crippen LogP contribution in [0.3, 0.4) is 0 Å². The Hall–Kier alpha value is -3.58. The molecule has 35 heavy (non-hydrogen) atoms. The van der Waals surface area contributed by atoms with Gasteiger partial charge >= 0.3 is 0 Å². The van der Waals surface area contributed by atoms with E-state index in [2.05, 4.69) is 48.6 Å². The molecule has 1 aromatic heterocycles. The third kappa shape index (κ3) is 7.20. The molecule has 0 saturated carbocycles. The Kier molecular flexibility index (Phi) is 8.57. The number of nitrogens with one attached hydrogen (secondary N) is 2. The van der Waals surface area contributed by atoms with Gasteiger partial charge in [0.1, 0.15) is 12.4 Å². The third-order valence-corrected chi connectivity index (χ3v) is 6.31. The molecule has 0 spiro atoms. The van der Waals surface area contributed by atoms with Gasteiger partial charge in [0.05, 0.1) is 12.0 Å². The molecule has 0 aliphatic carbocycles. The number of halogens is 1. The maximum Gasteiger partial charge on any atom is 0.264 e. The van der Waals surface area contributed by atoms with Crippen molar-refractivity contribution >= 4 is 58.1 Å². The summed E-state index contributed by atoms with van der Waals surface area (Å²) in [6.07, 6.45) is 1.62. The van der Waals surface area contributed by atoms with Gasteiger partial charge in [0.2, 0.25) is 11.1 Å². The Bertz CT molecular complexity index is 1300. The van der Waals surface area contributed by atoms with E-state index < -0.39 is 0 Å². The van der Waals surface area contributed by atoms with E-state index in [0.29, 0.717) is 17.5 Å². The number of nitrogens with zero attached hydrogens (tertiary/aromatic N) is 4. The molecule has 178 valence electrons. The lowest BCUT2D eigenvalue weighted by Crippen LogP contribution is -2.16. The maximum atomic E-state index is 12.2. The fourth-order valence-electron chi connectivity index (χ4n) is 2.93. The summed E-state index contributed by atoms with van der Waals surface area (Å²) >= 11 is 3.38. The highest BCUT2D eigenvalue weighted by molar-refractivity contribution is 14.1. The van der Waals surface area contributed by atoms with Crippen LogP contribution >= 0.6 is 34.4 Å². The molecule has 0 unspecified atom stereocenters. The molecule has 9 nitrogen and oxygen atoms in total. The van der Waals surface area contributed by atoms with Crippen LogP contribution in [-0.4, -0.2) is 32.7 Å². The zero-order valence-corrected chi connectivity index (χ0v) is 21.4. The van der Waals surface area contributed by atoms with Crippen molar-refractivity contribution in [3.8, 4) is 5.75 Å². The number of rotatable bonds is 10. The molecule has 0 radical (unpaired) electrons. The number of hydrazone groups is 1. The molecule has 1 heterocycles. The summed E-state index contributed by atoms with van der Waals surface area (Å²) < 4.78 is 8.28. The van der Waals surface area contributed by atoms with E-state index in [9.17, 15) is 4.79 Å². The molecule has 0 atom stereocenters. The Morgan fingerprint density at radius 3 is 2.60 bits per heavy atom. The number of para-hydroxylation sites is 1. The Balaban J connectivity index is 1.30. The Labute approximate surface area is 220 Å². The summed E-state index contributed by atoms with van der Waals surface area (Å²) in [4.78, 5) is 12.2. The lowest BCUT2D eigenvalue weighted by Gasteiger charge is -2.09. The van der Waals surface area contributed by atoms with Crippen LogP contribution in [0.4, 0.5) is 11.6 Å². The minimum absolute atomic E-state index is 0.136. The van der Waals surface area contributed by atoms with E-state index in [0.717, 1.165) is 20.4 Å². The lowest BCUT2D eigenvalue weighted by molar-refractivity contribution is -0.113. The summed E-state index contributed by atoms with van der Waals surface area (Å²) in [5.41, 5.74) is 5.38. The zero-order chi connectivity index (χ0) is 24.5. The first-order valence-electron chi connectivity index (χ1n) is 10.5. The molecule has 0 aliphatic heterocycles. The van der Waals surface area contributed by atoms with Gasteiger partial charge in [-0.3, -0.25) is 4.79 Å². The van der Waals surface area contributed by atoms with Crippen LogP contribution in [0.5, 0.6) is 5.75 Å². The molecule has 4 rings (SSSR count). The molecule has 4 aromatic rings. The smallest absolute Gasteiger partial charge is 0.264 e. The Morgan fingerprint density at radius 2 is 1.80 bits per heavy atom. The van der Waals surface area contributed by atoms with E-state index in [1.54, 1.807) is 6.21 Å². The minimum atomic E-state index is -0.168. The second-order valence-electron chi connectivity index (χ2n) is 7.20. The SMILES string of the molecule is Nn1c(N/N=C/c2ccccc2OCc2ccccc2)nnc1SCC(=O)Nc1ccc(I)cc1. The molecule has 0 fully saturated rings. The predicted molar refractivity (Wildman–Crippen MR) is 147 cm³/mol. The molecule has 4 N–H and O–H groups in total. The number of aromatic nitrogens is 3. The largest absolute Gasteiger partial charge is 0.488 e. The summed E-state index contributed by atoms with van der Waals surface area (Å²) in [6.45, 7) is 0.452. The summed E-state index contributed by atoms with van der Waals surface area (Å²) in [5.74, 6) is 6.97. The van der Waals surface area contributed by atoms with Crippen LogP contribution in [0, 0.1) is 3.57 Å². The van der Waals surface area contributed by atoms with Gasteiger partial charge in [0, 0.05) is 14.8 Å². The van der Waals surface area contributed by atoms with E-state index >= 15 is 0 Å². The van der Waals surface area contributed by atoms with Crippen molar-refractivity contribution < 1.29 is 9.53 Å². The van der Waals surface area contributed by atoms with Gasteiger partial charge in [-0.15, -0.1) is 10.2 Å². The van der Waals surface area contributed by atoms with Crippen molar-refractivity contribution in [2.45, 2.75) is 11.8 Å². The summed E-state index contributed by atoms with van der Waals surface area (Å²) in [6, 6.07) is 25.1. The quantitative estimate of drug-likeness (QED) is 0.0816. The number of ether oxygens (including phenoxy) is 1. The van der Waals surface area contributed by atoms with Crippen molar-refractivity contribution in [1.29, 1.82) is 0 Å². The number of benzene rings is 3. The molecule has 1 amide bonds.